The van der Waals surface area contributed by atoms with Gasteiger partial charge in [0.05, 0.1) is 28.8 Å². The molecule has 0 aliphatic carbocycles. The van der Waals surface area contributed by atoms with Gasteiger partial charge in [0.2, 0.25) is 10.0 Å². The molecule has 2 aliphatic rings. The molecule has 0 atom stereocenters. The van der Waals surface area contributed by atoms with Crippen LogP contribution in [-0.4, -0.2) is 76.0 Å². The first-order valence-electron chi connectivity index (χ1n) is 10.9. The highest BCUT2D eigenvalue weighted by molar-refractivity contribution is 7.89. The summed E-state index contributed by atoms with van der Waals surface area (Å²) in [7, 11) is -3.83. The second-order valence-electron chi connectivity index (χ2n) is 8.27. The van der Waals surface area contributed by atoms with Crippen molar-refractivity contribution in [2.75, 3.05) is 52.5 Å². The van der Waals surface area contributed by atoms with Crippen LogP contribution >= 0.6 is 23.2 Å². The zero-order chi connectivity index (χ0) is 22.4. The van der Waals surface area contributed by atoms with Gasteiger partial charge in [0.1, 0.15) is 4.90 Å². The molecule has 2 saturated heterocycles. The molecule has 0 bridgehead atoms. The summed E-state index contributed by atoms with van der Waals surface area (Å²) in [5.41, 5.74) is 0.114. The SMILES string of the molecule is CC1CCN(CCCCNC(=O)c2cc(S(=O)(=O)N3CCOCC3)c(Cl)cc2Cl)CC1. The average molecular weight is 492 g/mol. The first kappa shape index (κ1) is 24.7. The van der Waals surface area contributed by atoms with Crippen molar-refractivity contribution in [3.63, 3.8) is 0 Å². The topological polar surface area (TPSA) is 79.0 Å². The van der Waals surface area contributed by atoms with Crippen LogP contribution in [0.25, 0.3) is 0 Å². The third-order valence-electron chi connectivity index (χ3n) is 5.92. The number of halogens is 2. The molecule has 2 heterocycles. The van der Waals surface area contributed by atoms with Gasteiger partial charge in [0.25, 0.3) is 5.91 Å². The van der Waals surface area contributed by atoms with E-state index in [1.54, 1.807) is 0 Å². The van der Waals surface area contributed by atoms with Crippen molar-refractivity contribution in [3.8, 4) is 0 Å². The summed E-state index contributed by atoms with van der Waals surface area (Å²) < 4.78 is 32.5. The van der Waals surface area contributed by atoms with Gasteiger partial charge in [0, 0.05) is 19.6 Å². The van der Waals surface area contributed by atoms with Crippen molar-refractivity contribution in [1.29, 1.82) is 0 Å². The van der Waals surface area contributed by atoms with Gasteiger partial charge >= 0.3 is 0 Å². The number of piperidine rings is 1. The van der Waals surface area contributed by atoms with Crippen molar-refractivity contribution in [2.24, 2.45) is 5.92 Å². The summed E-state index contributed by atoms with van der Waals surface area (Å²) in [6.07, 6.45) is 4.35. The van der Waals surface area contributed by atoms with E-state index in [1.807, 2.05) is 0 Å². The van der Waals surface area contributed by atoms with E-state index >= 15 is 0 Å². The third-order valence-corrected chi connectivity index (χ3v) is 8.59. The number of hydrogen-bond donors (Lipinski definition) is 1. The fraction of sp³-hybridized carbons (Fsp3) is 0.667. The molecule has 1 N–H and O–H groups in total. The Morgan fingerprint density at radius 3 is 2.45 bits per heavy atom. The number of likely N-dealkylation sites (tertiary alicyclic amines) is 1. The minimum Gasteiger partial charge on any atom is -0.379 e. The van der Waals surface area contributed by atoms with Crippen LogP contribution in [0, 0.1) is 5.92 Å². The van der Waals surface area contributed by atoms with Crippen LogP contribution in [0.1, 0.15) is 43.0 Å². The predicted molar refractivity (Wildman–Crippen MR) is 122 cm³/mol. The highest BCUT2D eigenvalue weighted by Gasteiger charge is 2.30. The molecule has 0 saturated carbocycles. The number of benzene rings is 1. The summed E-state index contributed by atoms with van der Waals surface area (Å²) in [5, 5.41) is 2.98. The lowest BCUT2D eigenvalue weighted by atomic mass is 9.99. The highest BCUT2D eigenvalue weighted by Crippen LogP contribution is 2.31. The Labute approximate surface area is 195 Å². The van der Waals surface area contributed by atoms with Crippen molar-refractivity contribution < 1.29 is 17.9 Å². The average Bonchev–Trinajstić information content (AvgIpc) is 2.75. The monoisotopic (exact) mass is 491 g/mol. The summed E-state index contributed by atoms with van der Waals surface area (Å²) in [6.45, 7) is 7.29. The summed E-state index contributed by atoms with van der Waals surface area (Å²) >= 11 is 12.4. The van der Waals surface area contributed by atoms with Crippen molar-refractivity contribution >= 4 is 39.1 Å². The first-order chi connectivity index (χ1) is 14.8. The van der Waals surface area contributed by atoms with Crippen LogP contribution < -0.4 is 5.32 Å². The fourth-order valence-corrected chi connectivity index (χ4v) is 6.11. The van der Waals surface area contributed by atoms with Crippen molar-refractivity contribution in [1.82, 2.24) is 14.5 Å². The molecule has 10 heteroatoms. The number of carbonyl (C=O) groups excluding carboxylic acids is 1. The Morgan fingerprint density at radius 1 is 1.10 bits per heavy atom. The van der Waals surface area contributed by atoms with E-state index in [9.17, 15) is 13.2 Å². The van der Waals surface area contributed by atoms with Crippen LogP contribution in [0.15, 0.2) is 17.0 Å². The molecular weight excluding hydrogens is 461 g/mol. The standard InChI is InChI=1S/C21H31Cl2N3O4S/c1-16-4-8-25(9-5-16)7-3-2-6-24-21(27)17-14-20(19(23)15-18(17)22)31(28,29)26-10-12-30-13-11-26/h14-16H,2-13H2,1H3,(H,24,27). The van der Waals surface area contributed by atoms with Crippen LogP contribution in [0.4, 0.5) is 0 Å². The zero-order valence-corrected chi connectivity index (χ0v) is 20.2. The van der Waals surface area contributed by atoms with Gasteiger partial charge < -0.3 is 15.0 Å². The molecule has 0 spiro atoms. The van der Waals surface area contributed by atoms with Crippen LogP contribution in [0.3, 0.4) is 0 Å². The van der Waals surface area contributed by atoms with E-state index in [0.717, 1.165) is 38.4 Å². The molecule has 2 aliphatic heterocycles. The molecule has 0 unspecified atom stereocenters. The normalized spacial score (nSPS) is 19.5. The minimum absolute atomic E-state index is 0.00360. The Morgan fingerprint density at radius 2 is 1.77 bits per heavy atom. The molecule has 174 valence electrons. The molecular formula is C21H31Cl2N3O4S. The molecule has 2 fully saturated rings. The number of rotatable bonds is 8. The van der Waals surface area contributed by atoms with Gasteiger partial charge in [-0.2, -0.15) is 4.31 Å². The number of ether oxygens (including phenoxy) is 1. The van der Waals surface area contributed by atoms with E-state index in [-0.39, 0.29) is 33.6 Å². The van der Waals surface area contributed by atoms with Gasteiger partial charge in [0.15, 0.2) is 0 Å². The lowest BCUT2D eigenvalue weighted by Gasteiger charge is -2.30. The summed E-state index contributed by atoms with van der Waals surface area (Å²) in [4.78, 5) is 15.0. The number of morpholine rings is 1. The van der Waals surface area contributed by atoms with Gasteiger partial charge in [-0.15, -0.1) is 0 Å². The maximum Gasteiger partial charge on any atom is 0.252 e. The van der Waals surface area contributed by atoms with Crippen LogP contribution in [0.5, 0.6) is 0 Å². The molecule has 7 nitrogen and oxygen atoms in total. The maximum atomic E-state index is 13.0. The third kappa shape index (κ3) is 6.55. The van der Waals surface area contributed by atoms with Crippen molar-refractivity contribution in [2.45, 2.75) is 37.5 Å². The Bertz CT molecular complexity index is 868. The van der Waals surface area contributed by atoms with E-state index in [2.05, 4.69) is 17.1 Å². The lowest BCUT2D eigenvalue weighted by molar-refractivity contribution is 0.0730. The zero-order valence-electron chi connectivity index (χ0n) is 17.9. The fourth-order valence-electron chi connectivity index (χ4n) is 3.87. The first-order valence-corrected chi connectivity index (χ1v) is 13.1. The lowest BCUT2D eigenvalue weighted by Crippen LogP contribution is -2.40. The van der Waals surface area contributed by atoms with Gasteiger partial charge in [-0.25, -0.2) is 8.42 Å². The Hall–Kier alpha value is -0.900. The van der Waals surface area contributed by atoms with Gasteiger partial charge in [-0.3, -0.25) is 4.79 Å². The summed E-state index contributed by atoms with van der Waals surface area (Å²) in [5.74, 6) is 0.420. The number of carbonyl (C=O) groups is 1. The number of sulfonamides is 1. The molecule has 0 radical (unpaired) electrons. The quantitative estimate of drug-likeness (QED) is 0.564. The van der Waals surface area contributed by atoms with Crippen LogP contribution in [0.2, 0.25) is 10.0 Å². The van der Waals surface area contributed by atoms with E-state index in [4.69, 9.17) is 27.9 Å². The Kier molecular flexibility index (Phi) is 9.01. The molecule has 3 rings (SSSR count). The number of amides is 1. The van der Waals surface area contributed by atoms with Crippen LogP contribution in [-0.2, 0) is 14.8 Å². The molecule has 31 heavy (non-hydrogen) atoms. The number of unbranched alkanes of at least 4 members (excludes halogenated alkanes) is 1. The largest absolute Gasteiger partial charge is 0.379 e. The second kappa shape index (κ2) is 11.3. The summed E-state index contributed by atoms with van der Waals surface area (Å²) in [6, 6.07) is 2.60. The Balaban J connectivity index is 1.56. The van der Waals surface area contributed by atoms with Gasteiger partial charge in [-0.05, 0) is 63.4 Å². The number of nitrogens with zero attached hydrogens (tertiary/aromatic N) is 2. The predicted octanol–water partition coefficient (Wildman–Crippen LogP) is 3.26. The second-order valence-corrected chi connectivity index (χ2v) is 11.0. The number of nitrogens with one attached hydrogen (secondary N) is 1. The van der Waals surface area contributed by atoms with E-state index < -0.39 is 15.9 Å². The highest BCUT2D eigenvalue weighted by atomic mass is 35.5. The minimum atomic E-state index is -3.83. The molecule has 1 aromatic rings. The number of hydrogen-bond acceptors (Lipinski definition) is 5. The molecule has 1 amide bonds. The van der Waals surface area contributed by atoms with E-state index in [0.29, 0.717) is 19.8 Å². The maximum absolute atomic E-state index is 13.0. The smallest absolute Gasteiger partial charge is 0.252 e. The van der Waals surface area contributed by atoms with E-state index in [1.165, 1.54) is 29.3 Å². The van der Waals surface area contributed by atoms with Crippen molar-refractivity contribution in [3.05, 3.63) is 27.7 Å². The van der Waals surface area contributed by atoms with Gasteiger partial charge in [-0.1, -0.05) is 30.1 Å². The molecule has 1 aromatic carbocycles. The molecule has 0 aromatic heterocycles.